The molecule has 0 saturated carbocycles. The van der Waals surface area contributed by atoms with Gasteiger partial charge in [0, 0.05) is 18.7 Å². The van der Waals surface area contributed by atoms with E-state index in [4.69, 9.17) is 4.74 Å². The van der Waals surface area contributed by atoms with Crippen LogP contribution in [0.1, 0.15) is 17.9 Å². The van der Waals surface area contributed by atoms with Crippen LogP contribution in [0.4, 0.5) is 4.39 Å². The molecule has 0 amide bonds. The predicted octanol–water partition coefficient (Wildman–Crippen LogP) is 0.834. The minimum atomic E-state index is -2.67. The van der Waals surface area contributed by atoms with Gasteiger partial charge in [-0.15, -0.1) is 0 Å². The van der Waals surface area contributed by atoms with E-state index in [2.05, 4.69) is 9.97 Å². The Kier molecular flexibility index (Phi) is 6.07. The van der Waals surface area contributed by atoms with Crippen LogP contribution in [0.15, 0.2) is 36.5 Å². The van der Waals surface area contributed by atoms with Crippen LogP contribution in [0.5, 0.6) is 5.75 Å². The summed E-state index contributed by atoms with van der Waals surface area (Å²) in [7, 11) is -2.67. The zero-order chi connectivity index (χ0) is 17.5. The average Bonchev–Trinajstić information content (AvgIpc) is 2.46. The number of ketones is 1. The third-order valence-electron chi connectivity index (χ3n) is 2.78. The van der Waals surface area contributed by atoms with Gasteiger partial charge in [-0.25, -0.2) is 22.8 Å². The van der Waals surface area contributed by atoms with Gasteiger partial charge in [0.2, 0.25) is 0 Å². The second-order valence-electron chi connectivity index (χ2n) is 4.78. The minimum Gasteiger partial charge on any atom is -0.426 e. The van der Waals surface area contributed by atoms with Crippen LogP contribution >= 0.6 is 0 Å². The summed E-state index contributed by atoms with van der Waals surface area (Å²) in [6, 6.07) is 6.46. The highest BCUT2D eigenvalue weighted by atomic mass is 32.2. The van der Waals surface area contributed by atoms with Crippen LogP contribution < -0.4 is 4.74 Å². The lowest BCUT2D eigenvalue weighted by Gasteiger charge is -2.04. The van der Waals surface area contributed by atoms with E-state index in [0.717, 1.165) is 6.07 Å². The van der Waals surface area contributed by atoms with Crippen molar-refractivity contribution in [3.63, 3.8) is 0 Å². The van der Waals surface area contributed by atoms with Crippen molar-refractivity contribution in [2.24, 2.45) is 0 Å². The Balaban J connectivity index is 1.92. The molecular formula is C15H13FN2O5S. The summed E-state index contributed by atoms with van der Waals surface area (Å²) in [5.41, 5.74) is 0.306. The van der Waals surface area contributed by atoms with Gasteiger partial charge in [0.15, 0.2) is 0 Å². The quantitative estimate of drug-likeness (QED) is 0.341. The number of nitrogens with zero attached hydrogens (tertiary/aromatic N) is 2. The SMILES string of the molecule is O=C(CC(=O)Oc1cccc(F)c1)Cc1ccnc(C[SH](=O)=O)n1. The minimum absolute atomic E-state index is 0.0105. The third kappa shape index (κ3) is 5.84. The molecule has 2 aromatic rings. The number of hydrogen-bond donors (Lipinski definition) is 1. The van der Waals surface area contributed by atoms with Gasteiger partial charge in [-0.05, 0) is 18.2 Å². The average molecular weight is 352 g/mol. The number of thiol groups is 1. The molecule has 7 nitrogen and oxygen atoms in total. The van der Waals surface area contributed by atoms with Gasteiger partial charge in [0.1, 0.15) is 46.1 Å². The second-order valence-corrected chi connectivity index (χ2v) is 5.76. The van der Waals surface area contributed by atoms with E-state index < -0.39 is 34.7 Å². The normalized spacial score (nSPS) is 10.6. The summed E-state index contributed by atoms with van der Waals surface area (Å²) >= 11 is 0. The molecule has 24 heavy (non-hydrogen) atoms. The maximum Gasteiger partial charge on any atom is 0.318 e. The molecule has 0 aliphatic carbocycles. The van der Waals surface area contributed by atoms with Crippen molar-refractivity contribution in [2.45, 2.75) is 18.6 Å². The number of carbonyl (C=O) groups excluding carboxylic acids is 2. The van der Waals surface area contributed by atoms with Crippen molar-refractivity contribution in [1.29, 1.82) is 0 Å². The Morgan fingerprint density at radius 1 is 1.21 bits per heavy atom. The monoisotopic (exact) mass is 352 g/mol. The Morgan fingerprint density at radius 2 is 2.00 bits per heavy atom. The third-order valence-corrected chi connectivity index (χ3v) is 3.32. The Hall–Kier alpha value is -2.68. The molecule has 1 heterocycles. The number of hydrogen-bond acceptors (Lipinski definition) is 7. The topological polar surface area (TPSA) is 103 Å². The smallest absolute Gasteiger partial charge is 0.318 e. The summed E-state index contributed by atoms with van der Waals surface area (Å²) in [6.07, 6.45) is 0.671. The summed E-state index contributed by atoms with van der Waals surface area (Å²) in [6.45, 7) is 0. The zero-order valence-corrected chi connectivity index (χ0v) is 13.2. The number of aromatic nitrogens is 2. The summed E-state index contributed by atoms with van der Waals surface area (Å²) in [5.74, 6) is -2.07. The van der Waals surface area contributed by atoms with Crippen LogP contribution in [0.3, 0.4) is 0 Å². The van der Waals surface area contributed by atoms with Gasteiger partial charge in [-0.2, -0.15) is 0 Å². The fourth-order valence-corrected chi connectivity index (χ4v) is 2.24. The molecule has 0 atom stereocenters. The van der Waals surface area contributed by atoms with Crippen molar-refractivity contribution >= 4 is 22.5 Å². The van der Waals surface area contributed by atoms with E-state index in [9.17, 15) is 22.4 Å². The molecule has 1 aromatic carbocycles. The van der Waals surface area contributed by atoms with Crippen LogP contribution in [0, 0.1) is 5.82 Å². The predicted molar refractivity (Wildman–Crippen MR) is 81.4 cm³/mol. The fourth-order valence-electron chi connectivity index (χ4n) is 1.85. The van der Waals surface area contributed by atoms with Crippen molar-refractivity contribution in [1.82, 2.24) is 9.97 Å². The molecule has 0 saturated heterocycles. The summed E-state index contributed by atoms with van der Waals surface area (Å²) < 4.78 is 39.1. The number of Topliss-reactive ketones (excluding diaryl/α,β-unsaturated/α-hetero) is 1. The lowest BCUT2D eigenvalue weighted by molar-refractivity contribution is -0.137. The van der Waals surface area contributed by atoms with E-state index >= 15 is 0 Å². The lowest BCUT2D eigenvalue weighted by Crippen LogP contribution is -2.16. The second kappa shape index (κ2) is 8.25. The van der Waals surface area contributed by atoms with Gasteiger partial charge in [-0.1, -0.05) is 6.07 Å². The first kappa shape index (κ1) is 17.7. The molecule has 9 heteroatoms. The number of halogens is 1. The van der Waals surface area contributed by atoms with Crippen molar-refractivity contribution in [3.8, 4) is 5.75 Å². The first-order chi connectivity index (χ1) is 11.4. The first-order valence-corrected chi connectivity index (χ1v) is 8.19. The summed E-state index contributed by atoms with van der Waals surface area (Å²) in [5, 5.41) is 0. The standard InChI is InChI=1S/C15H13FN2O5S/c16-10-2-1-3-13(6-10)23-15(20)8-12(19)7-11-4-5-17-14(18-11)9-24(21)22/h1-6,24H,7-9H2. The molecule has 0 radical (unpaired) electrons. The van der Waals surface area contributed by atoms with Gasteiger partial charge >= 0.3 is 5.97 Å². The largest absolute Gasteiger partial charge is 0.426 e. The van der Waals surface area contributed by atoms with E-state index in [1.807, 2.05) is 0 Å². The maximum atomic E-state index is 13.0. The molecule has 1 aromatic heterocycles. The highest BCUT2D eigenvalue weighted by Crippen LogP contribution is 2.13. The number of ether oxygens (including phenoxy) is 1. The molecule has 0 unspecified atom stereocenters. The molecule has 0 bridgehead atoms. The molecular weight excluding hydrogens is 339 g/mol. The molecule has 0 aliphatic heterocycles. The van der Waals surface area contributed by atoms with Crippen LogP contribution in [0.2, 0.25) is 0 Å². The summed E-state index contributed by atoms with van der Waals surface area (Å²) in [4.78, 5) is 31.2. The van der Waals surface area contributed by atoms with Crippen molar-refractivity contribution in [2.75, 3.05) is 0 Å². The highest BCUT2D eigenvalue weighted by molar-refractivity contribution is 7.71. The van der Waals surface area contributed by atoms with Crippen LogP contribution in [-0.2, 0) is 32.5 Å². The van der Waals surface area contributed by atoms with E-state index in [1.165, 1.54) is 30.5 Å². The van der Waals surface area contributed by atoms with E-state index in [-0.39, 0.29) is 23.7 Å². The van der Waals surface area contributed by atoms with Gasteiger partial charge in [-0.3, -0.25) is 9.59 Å². The molecule has 0 spiro atoms. The number of carbonyl (C=O) groups is 2. The highest BCUT2D eigenvalue weighted by Gasteiger charge is 2.14. The number of benzene rings is 1. The van der Waals surface area contributed by atoms with Gasteiger partial charge < -0.3 is 4.74 Å². The van der Waals surface area contributed by atoms with Gasteiger partial charge in [0.05, 0.1) is 5.69 Å². The van der Waals surface area contributed by atoms with Gasteiger partial charge in [0.25, 0.3) is 0 Å². The maximum absolute atomic E-state index is 13.0. The van der Waals surface area contributed by atoms with E-state index in [0.29, 0.717) is 5.69 Å². The van der Waals surface area contributed by atoms with Crippen LogP contribution in [0.25, 0.3) is 0 Å². The molecule has 0 N–H and O–H groups in total. The zero-order valence-electron chi connectivity index (χ0n) is 12.3. The first-order valence-electron chi connectivity index (χ1n) is 6.83. The van der Waals surface area contributed by atoms with Crippen LogP contribution in [-0.4, -0.2) is 30.1 Å². The lowest BCUT2D eigenvalue weighted by atomic mass is 10.1. The molecule has 0 aliphatic rings. The Labute approximate surface area is 138 Å². The Morgan fingerprint density at radius 3 is 2.71 bits per heavy atom. The molecule has 126 valence electrons. The number of rotatable bonds is 7. The molecule has 0 fully saturated rings. The Bertz CT molecular complexity index is 830. The van der Waals surface area contributed by atoms with E-state index in [1.54, 1.807) is 0 Å². The molecule has 2 rings (SSSR count). The number of esters is 1. The fraction of sp³-hybridized carbons (Fsp3) is 0.200. The van der Waals surface area contributed by atoms with Crippen molar-refractivity contribution < 1.29 is 27.1 Å². The van der Waals surface area contributed by atoms with Crippen molar-refractivity contribution in [3.05, 3.63) is 53.9 Å².